The maximum absolute atomic E-state index is 15.4. The molecule has 0 bridgehead atoms. The van der Waals surface area contributed by atoms with Crippen molar-refractivity contribution in [3.8, 4) is 0 Å². The predicted octanol–water partition coefficient (Wildman–Crippen LogP) is 4.99. The van der Waals surface area contributed by atoms with Gasteiger partial charge in [0, 0.05) is 29.8 Å². The number of fused-ring (bicyclic) bond motifs is 1. The number of alkyl halides is 1. The Balaban J connectivity index is 1.39. The fraction of sp³-hybridized carbons (Fsp3) is 0.304. The summed E-state index contributed by atoms with van der Waals surface area (Å²) in [7, 11) is 0. The Morgan fingerprint density at radius 3 is 2.50 bits per heavy atom. The van der Waals surface area contributed by atoms with Crippen molar-refractivity contribution in [2.75, 3.05) is 5.32 Å². The van der Waals surface area contributed by atoms with E-state index in [2.05, 4.69) is 15.6 Å². The molecule has 0 radical (unpaired) electrons. The van der Waals surface area contributed by atoms with E-state index in [4.69, 9.17) is 0 Å². The minimum absolute atomic E-state index is 0.00956. The number of nitrogens with one attached hydrogen (secondary N) is 2. The van der Waals surface area contributed by atoms with Gasteiger partial charge in [0.25, 0.3) is 5.91 Å². The van der Waals surface area contributed by atoms with Crippen molar-refractivity contribution in [1.82, 2.24) is 10.3 Å². The number of amides is 1. The molecular weight excluding hydrogens is 353 g/mol. The average molecular weight is 377 g/mol. The molecule has 5 heteroatoms. The number of rotatable bonds is 4. The van der Waals surface area contributed by atoms with Crippen molar-refractivity contribution in [2.24, 2.45) is 0 Å². The van der Waals surface area contributed by atoms with Crippen molar-refractivity contribution < 1.29 is 9.18 Å². The van der Waals surface area contributed by atoms with Crippen LogP contribution in [0.4, 0.5) is 10.2 Å². The van der Waals surface area contributed by atoms with Gasteiger partial charge in [0.2, 0.25) is 0 Å². The Hall–Kier alpha value is -2.95. The van der Waals surface area contributed by atoms with Crippen LogP contribution in [-0.2, 0) is 0 Å². The number of anilines is 1. The summed E-state index contributed by atoms with van der Waals surface area (Å²) in [5.41, 5.74) is 2.56. The van der Waals surface area contributed by atoms with Gasteiger partial charge in [0.15, 0.2) is 5.79 Å². The number of halogens is 1. The van der Waals surface area contributed by atoms with Crippen LogP contribution in [0.2, 0.25) is 0 Å². The van der Waals surface area contributed by atoms with Gasteiger partial charge in [-0.2, -0.15) is 0 Å². The van der Waals surface area contributed by atoms with E-state index in [-0.39, 0.29) is 11.9 Å². The molecule has 0 aliphatic heterocycles. The summed E-state index contributed by atoms with van der Waals surface area (Å²) in [4.78, 5) is 16.9. The molecule has 2 aromatic carbocycles. The molecule has 1 aliphatic rings. The highest BCUT2D eigenvalue weighted by molar-refractivity contribution is 5.94. The molecule has 0 unspecified atom stereocenters. The van der Waals surface area contributed by atoms with Crippen LogP contribution in [0.25, 0.3) is 10.9 Å². The zero-order valence-corrected chi connectivity index (χ0v) is 15.9. The number of benzene rings is 2. The van der Waals surface area contributed by atoms with E-state index in [1.165, 1.54) is 0 Å². The Labute approximate surface area is 164 Å². The van der Waals surface area contributed by atoms with Crippen LogP contribution in [-0.4, -0.2) is 22.7 Å². The third-order valence-corrected chi connectivity index (χ3v) is 5.42. The molecule has 144 valence electrons. The maximum atomic E-state index is 15.4. The number of para-hydroxylation sites is 1. The second kappa shape index (κ2) is 7.58. The number of hydrogen-bond donors (Lipinski definition) is 2. The van der Waals surface area contributed by atoms with E-state index >= 15 is 4.39 Å². The summed E-state index contributed by atoms with van der Waals surface area (Å²) in [6.07, 6.45) is 1.85. The van der Waals surface area contributed by atoms with Crippen molar-refractivity contribution in [1.29, 1.82) is 0 Å². The predicted molar refractivity (Wildman–Crippen MR) is 110 cm³/mol. The topological polar surface area (TPSA) is 54.0 Å². The quantitative estimate of drug-likeness (QED) is 0.630. The monoisotopic (exact) mass is 377 g/mol. The van der Waals surface area contributed by atoms with Gasteiger partial charge in [-0.15, -0.1) is 0 Å². The lowest BCUT2D eigenvalue weighted by atomic mass is 9.89. The smallest absolute Gasteiger partial charge is 0.251 e. The lowest BCUT2D eigenvalue weighted by Crippen LogP contribution is -2.45. The van der Waals surface area contributed by atoms with E-state index in [1.54, 1.807) is 12.1 Å². The molecule has 1 aliphatic carbocycles. The number of carbonyl (C=O) groups is 1. The molecule has 0 saturated heterocycles. The van der Waals surface area contributed by atoms with Gasteiger partial charge in [-0.25, -0.2) is 9.37 Å². The summed E-state index contributed by atoms with van der Waals surface area (Å²) < 4.78 is 15.4. The normalized spacial score (nSPS) is 22.0. The van der Waals surface area contributed by atoms with Crippen LogP contribution in [0.5, 0.6) is 0 Å². The van der Waals surface area contributed by atoms with E-state index in [1.807, 2.05) is 55.5 Å². The third kappa shape index (κ3) is 3.98. The molecular formula is C23H24FN3O. The lowest BCUT2D eigenvalue weighted by molar-refractivity contribution is 0.0866. The largest absolute Gasteiger partial charge is 0.349 e. The van der Waals surface area contributed by atoms with Gasteiger partial charge in [-0.3, -0.25) is 4.79 Å². The van der Waals surface area contributed by atoms with Gasteiger partial charge in [-0.1, -0.05) is 36.4 Å². The summed E-state index contributed by atoms with van der Waals surface area (Å²) in [6, 6.07) is 18.9. The summed E-state index contributed by atoms with van der Waals surface area (Å²) >= 11 is 0. The van der Waals surface area contributed by atoms with E-state index in [0.717, 1.165) is 16.5 Å². The molecule has 4 nitrogen and oxygen atoms in total. The molecule has 3 aromatic rings. The molecule has 1 heterocycles. The molecule has 2 N–H and O–H groups in total. The highest BCUT2D eigenvalue weighted by atomic mass is 19.1. The first kappa shape index (κ1) is 18.4. The second-order valence-electron chi connectivity index (χ2n) is 7.55. The molecule has 1 amide bonds. The number of aryl methyl sites for hydroxylation is 1. The third-order valence-electron chi connectivity index (χ3n) is 5.42. The summed E-state index contributed by atoms with van der Waals surface area (Å²) in [6.45, 7) is 2.01. The Bertz CT molecular complexity index is 982. The first-order valence-corrected chi connectivity index (χ1v) is 9.72. The van der Waals surface area contributed by atoms with Crippen LogP contribution in [0.3, 0.4) is 0 Å². The maximum Gasteiger partial charge on any atom is 0.251 e. The summed E-state index contributed by atoms with van der Waals surface area (Å²) in [5.74, 6) is -1.04. The van der Waals surface area contributed by atoms with Gasteiger partial charge in [0.1, 0.15) is 5.82 Å². The standard InChI is InChI=1S/C23H24FN3O/c1-16-15-21(26-20-10-6-5-9-19(16)20)27-23(24)13-11-18(12-14-23)25-22(28)17-7-3-2-4-8-17/h2-10,15,18H,11-14H2,1H3,(H,25,28)(H,26,27). The molecule has 4 rings (SSSR count). The Morgan fingerprint density at radius 2 is 1.75 bits per heavy atom. The lowest BCUT2D eigenvalue weighted by Gasteiger charge is -2.35. The van der Waals surface area contributed by atoms with Gasteiger partial charge >= 0.3 is 0 Å². The fourth-order valence-electron chi connectivity index (χ4n) is 3.85. The number of hydrogen-bond acceptors (Lipinski definition) is 3. The summed E-state index contributed by atoms with van der Waals surface area (Å²) in [5, 5.41) is 7.10. The van der Waals surface area contributed by atoms with Crippen LogP contribution < -0.4 is 10.6 Å². The van der Waals surface area contributed by atoms with Crippen molar-refractivity contribution in [3.05, 3.63) is 71.8 Å². The van der Waals surface area contributed by atoms with E-state index in [0.29, 0.717) is 37.1 Å². The number of nitrogens with zero attached hydrogens (tertiary/aromatic N) is 1. The van der Waals surface area contributed by atoms with Crippen LogP contribution in [0.1, 0.15) is 41.6 Å². The molecule has 1 fully saturated rings. The minimum Gasteiger partial charge on any atom is -0.349 e. The van der Waals surface area contributed by atoms with Crippen LogP contribution in [0.15, 0.2) is 60.7 Å². The highest BCUT2D eigenvalue weighted by Crippen LogP contribution is 2.33. The van der Waals surface area contributed by atoms with E-state index < -0.39 is 5.79 Å². The van der Waals surface area contributed by atoms with E-state index in [9.17, 15) is 4.79 Å². The number of aromatic nitrogens is 1. The van der Waals surface area contributed by atoms with Crippen molar-refractivity contribution in [3.63, 3.8) is 0 Å². The zero-order chi connectivity index (χ0) is 19.6. The first-order valence-electron chi connectivity index (χ1n) is 9.72. The Morgan fingerprint density at radius 1 is 1.07 bits per heavy atom. The molecule has 1 aromatic heterocycles. The average Bonchev–Trinajstić information content (AvgIpc) is 2.70. The van der Waals surface area contributed by atoms with Crippen molar-refractivity contribution >= 4 is 22.6 Å². The zero-order valence-electron chi connectivity index (χ0n) is 15.9. The van der Waals surface area contributed by atoms with Crippen LogP contribution >= 0.6 is 0 Å². The van der Waals surface area contributed by atoms with Crippen LogP contribution in [0, 0.1) is 6.92 Å². The Kier molecular flexibility index (Phi) is 4.99. The van der Waals surface area contributed by atoms with Gasteiger partial charge in [0.05, 0.1) is 5.52 Å². The van der Waals surface area contributed by atoms with Gasteiger partial charge in [-0.05, 0) is 49.6 Å². The molecule has 0 atom stereocenters. The fourth-order valence-corrected chi connectivity index (χ4v) is 3.85. The second-order valence-corrected chi connectivity index (χ2v) is 7.55. The van der Waals surface area contributed by atoms with Gasteiger partial charge < -0.3 is 10.6 Å². The SMILES string of the molecule is Cc1cc(NC2(F)CCC(NC(=O)c3ccccc3)CC2)nc2ccccc12. The molecule has 0 spiro atoms. The highest BCUT2D eigenvalue weighted by Gasteiger charge is 2.36. The first-order chi connectivity index (χ1) is 13.5. The number of carbonyl (C=O) groups excluding carboxylic acids is 1. The molecule has 1 saturated carbocycles. The number of pyridine rings is 1. The minimum atomic E-state index is -1.50. The van der Waals surface area contributed by atoms with Crippen molar-refractivity contribution in [2.45, 2.75) is 44.4 Å². The molecule has 28 heavy (non-hydrogen) atoms.